The van der Waals surface area contributed by atoms with Gasteiger partial charge in [0.15, 0.2) is 0 Å². The van der Waals surface area contributed by atoms with Crippen molar-refractivity contribution in [3.8, 4) is 5.75 Å². The van der Waals surface area contributed by atoms with E-state index in [1.807, 2.05) is 19.2 Å². The molecule has 1 fully saturated rings. The van der Waals surface area contributed by atoms with Gasteiger partial charge < -0.3 is 19.7 Å². The average molecular weight is 438 g/mol. The molecule has 3 heterocycles. The minimum absolute atomic E-state index is 0.0292. The number of halogens is 1. The molecule has 2 aliphatic heterocycles. The van der Waals surface area contributed by atoms with Gasteiger partial charge in [0.25, 0.3) is 5.91 Å². The van der Waals surface area contributed by atoms with Gasteiger partial charge in [-0.05, 0) is 49.7 Å². The first-order valence-electron chi connectivity index (χ1n) is 11.0. The van der Waals surface area contributed by atoms with E-state index in [-0.39, 0.29) is 29.5 Å². The Hall–Kier alpha value is -2.90. The molecule has 3 aromatic rings. The van der Waals surface area contributed by atoms with Gasteiger partial charge >= 0.3 is 0 Å². The monoisotopic (exact) mass is 437 g/mol. The Morgan fingerprint density at radius 3 is 2.69 bits per heavy atom. The normalized spacial score (nSPS) is 20.5. The number of likely N-dealkylation sites (N-methyl/N-ethyl adjacent to an activating group) is 1. The fraction of sp³-hybridized carbons (Fsp3) is 0.400. The van der Waals surface area contributed by atoms with Crippen LogP contribution in [0.25, 0.3) is 10.9 Å². The third-order valence-corrected chi connectivity index (χ3v) is 7.27. The van der Waals surface area contributed by atoms with Crippen molar-refractivity contribution in [2.75, 3.05) is 40.4 Å². The first-order chi connectivity index (χ1) is 15.5. The van der Waals surface area contributed by atoms with Crippen LogP contribution in [0, 0.1) is 5.82 Å². The highest BCUT2D eigenvalue weighted by Gasteiger charge is 2.47. The van der Waals surface area contributed by atoms with Gasteiger partial charge in [0, 0.05) is 47.7 Å². The Kier molecular flexibility index (Phi) is 5.18. The molecule has 0 saturated carbocycles. The Labute approximate surface area is 186 Å². The van der Waals surface area contributed by atoms with Crippen molar-refractivity contribution in [1.29, 1.82) is 0 Å². The number of rotatable bonds is 3. The van der Waals surface area contributed by atoms with Crippen LogP contribution in [0.3, 0.4) is 0 Å². The van der Waals surface area contributed by atoms with E-state index in [1.165, 1.54) is 11.6 Å². The standard InChI is InChI=1S/C25H28FN3O3/c1-28-15-25(9-11-29(12-10-25)24(31)17-5-3-4-6-19(17)26)22-18-8-7-16(32-2)13-20(18)27-23(22)21(28)14-30/h3-8,13,21,27,30H,9-12,14-15H2,1-2H3/t21-/m0/s1. The molecule has 2 aliphatic rings. The zero-order valence-corrected chi connectivity index (χ0v) is 18.4. The van der Waals surface area contributed by atoms with E-state index in [1.54, 1.807) is 30.2 Å². The van der Waals surface area contributed by atoms with Crippen molar-refractivity contribution in [2.24, 2.45) is 0 Å². The molecule has 0 radical (unpaired) electrons. The number of nitrogens with one attached hydrogen (secondary N) is 1. The summed E-state index contributed by atoms with van der Waals surface area (Å²) >= 11 is 0. The molecule has 2 aromatic carbocycles. The lowest BCUT2D eigenvalue weighted by Gasteiger charge is -2.49. The molecule has 1 saturated heterocycles. The van der Waals surface area contributed by atoms with Crippen LogP contribution in [0.4, 0.5) is 4.39 Å². The molecular weight excluding hydrogens is 409 g/mol. The molecular formula is C25H28FN3O3. The van der Waals surface area contributed by atoms with Crippen molar-refractivity contribution in [1.82, 2.24) is 14.8 Å². The maximum Gasteiger partial charge on any atom is 0.256 e. The second-order valence-corrected chi connectivity index (χ2v) is 8.99. The van der Waals surface area contributed by atoms with Crippen LogP contribution in [0.15, 0.2) is 42.5 Å². The van der Waals surface area contributed by atoms with Crippen LogP contribution in [0.1, 0.15) is 40.5 Å². The number of fused-ring (bicyclic) bond motifs is 4. The summed E-state index contributed by atoms with van der Waals surface area (Å²) in [5, 5.41) is 11.3. The number of carbonyl (C=O) groups excluding carboxylic acids is 1. The maximum absolute atomic E-state index is 14.2. The molecule has 0 unspecified atom stereocenters. The van der Waals surface area contributed by atoms with Gasteiger partial charge in [0.05, 0.1) is 25.3 Å². The summed E-state index contributed by atoms with van der Waals surface area (Å²) in [5.74, 6) is 0.0532. The number of aromatic amines is 1. The summed E-state index contributed by atoms with van der Waals surface area (Å²) in [6.07, 6.45) is 1.56. The third kappa shape index (κ3) is 3.19. The summed E-state index contributed by atoms with van der Waals surface area (Å²) < 4.78 is 19.6. The number of aliphatic hydroxyl groups is 1. The van der Waals surface area contributed by atoms with Crippen LogP contribution in [-0.4, -0.2) is 66.2 Å². The summed E-state index contributed by atoms with van der Waals surface area (Å²) in [4.78, 5) is 20.5. The van der Waals surface area contributed by atoms with Crippen LogP contribution in [0.2, 0.25) is 0 Å². The van der Waals surface area contributed by atoms with Gasteiger partial charge in [-0.25, -0.2) is 4.39 Å². The molecule has 5 rings (SSSR count). The number of H-pyrrole nitrogens is 1. The summed E-state index contributed by atoms with van der Waals surface area (Å²) in [6.45, 7) is 1.95. The van der Waals surface area contributed by atoms with E-state index in [2.05, 4.69) is 16.0 Å². The minimum atomic E-state index is -0.478. The third-order valence-electron chi connectivity index (χ3n) is 7.27. The van der Waals surface area contributed by atoms with Crippen molar-refractivity contribution < 1.29 is 19.0 Å². The van der Waals surface area contributed by atoms with Crippen LogP contribution in [0.5, 0.6) is 5.75 Å². The molecule has 7 heteroatoms. The van der Waals surface area contributed by atoms with Gasteiger partial charge in [-0.3, -0.25) is 9.69 Å². The number of piperidine rings is 1. The fourth-order valence-corrected chi connectivity index (χ4v) is 5.61. The number of benzene rings is 2. The Morgan fingerprint density at radius 2 is 2.00 bits per heavy atom. The Morgan fingerprint density at radius 1 is 1.25 bits per heavy atom. The number of hydrogen-bond donors (Lipinski definition) is 2. The summed E-state index contributed by atoms with van der Waals surface area (Å²) in [6, 6.07) is 12.1. The van der Waals surface area contributed by atoms with E-state index < -0.39 is 5.82 Å². The van der Waals surface area contributed by atoms with Crippen molar-refractivity contribution in [2.45, 2.75) is 24.3 Å². The van der Waals surface area contributed by atoms with E-state index in [4.69, 9.17) is 4.74 Å². The molecule has 2 N–H and O–H groups in total. The van der Waals surface area contributed by atoms with Crippen LogP contribution >= 0.6 is 0 Å². The lowest BCUT2D eigenvalue weighted by Crippen LogP contribution is -2.53. The number of carbonyl (C=O) groups is 1. The number of amides is 1. The quantitative estimate of drug-likeness (QED) is 0.659. The zero-order chi connectivity index (χ0) is 22.5. The van der Waals surface area contributed by atoms with Gasteiger partial charge in [0.1, 0.15) is 11.6 Å². The highest BCUT2D eigenvalue weighted by atomic mass is 19.1. The number of hydrogen-bond acceptors (Lipinski definition) is 4. The van der Waals surface area contributed by atoms with Gasteiger partial charge in [-0.15, -0.1) is 0 Å². The van der Waals surface area contributed by atoms with Gasteiger partial charge in [-0.1, -0.05) is 12.1 Å². The second kappa shape index (κ2) is 7.90. The van der Waals surface area contributed by atoms with Gasteiger partial charge in [-0.2, -0.15) is 0 Å². The lowest BCUT2D eigenvalue weighted by molar-refractivity contribution is 0.0511. The van der Waals surface area contributed by atoms with Crippen LogP contribution < -0.4 is 4.74 Å². The van der Waals surface area contributed by atoms with Crippen molar-refractivity contribution >= 4 is 16.8 Å². The van der Waals surface area contributed by atoms with E-state index in [0.717, 1.165) is 41.7 Å². The van der Waals surface area contributed by atoms with E-state index in [0.29, 0.717) is 13.1 Å². The molecule has 1 amide bonds. The molecule has 6 nitrogen and oxygen atoms in total. The molecule has 168 valence electrons. The molecule has 1 aromatic heterocycles. The SMILES string of the molecule is COc1ccc2c3c([nH]c2c1)[C@H](CO)N(C)CC31CCN(C(=O)c2ccccc2F)CC1. The largest absolute Gasteiger partial charge is 0.497 e. The predicted octanol–water partition coefficient (Wildman–Crippen LogP) is 3.47. The molecule has 1 atom stereocenters. The number of aliphatic hydroxyl groups excluding tert-OH is 1. The smallest absolute Gasteiger partial charge is 0.256 e. The predicted molar refractivity (Wildman–Crippen MR) is 121 cm³/mol. The molecule has 0 aliphatic carbocycles. The zero-order valence-electron chi connectivity index (χ0n) is 18.4. The number of aromatic nitrogens is 1. The number of ether oxygens (including phenoxy) is 1. The second-order valence-electron chi connectivity index (χ2n) is 8.99. The first-order valence-corrected chi connectivity index (χ1v) is 11.0. The van der Waals surface area contributed by atoms with E-state index in [9.17, 15) is 14.3 Å². The highest BCUT2D eigenvalue weighted by molar-refractivity contribution is 5.94. The van der Waals surface area contributed by atoms with Crippen molar-refractivity contribution in [3.63, 3.8) is 0 Å². The molecule has 32 heavy (non-hydrogen) atoms. The molecule has 1 spiro atoms. The lowest BCUT2D eigenvalue weighted by atomic mass is 9.68. The molecule has 0 bridgehead atoms. The minimum Gasteiger partial charge on any atom is -0.497 e. The summed E-state index contributed by atoms with van der Waals surface area (Å²) in [5.41, 5.74) is 3.26. The number of nitrogens with zero attached hydrogens (tertiary/aromatic N) is 2. The topological polar surface area (TPSA) is 68.8 Å². The van der Waals surface area contributed by atoms with Crippen molar-refractivity contribution in [3.05, 3.63) is 65.1 Å². The maximum atomic E-state index is 14.2. The first kappa shape index (κ1) is 21.0. The fourth-order valence-electron chi connectivity index (χ4n) is 5.61. The highest BCUT2D eigenvalue weighted by Crippen LogP contribution is 2.48. The Balaban J connectivity index is 1.51. The summed E-state index contributed by atoms with van der Waals surface area (Å²) in [7, 11) is 3.69. The van der Waals surface area contributed by atoms with E-state index >= 15 is 0 Å². The number of likely N-dealkylation sites (tertiary alicyclic amines) is 1. The average Bonchev–Trinajstić information content (AvgIpc) is 3.19. The Bertz CT molecular complexity index is 1170. The van der Waals surface area contributed by atoms with Crippen LogP contribution in [-0.2, 0) is 5.41 Å². The number of methoxy groups -OCH3 is 1. The van der Waals surface area contributed by atoms with Gasteiger partial charge in [0.2, 0.25) is 0 Å².